The van der Waals surface area contributed by atoms with Crippen LogP contribution < -0.4 is 10.1 Å². The predicted molar refractivity (Wildman–Crippen MR) is 164 cm³/mol. The summed E-state index contributed by atoms with van der Waals surface area (Å²) in [6, 6.07) is 12.9. The molecule has 2 aromatic carbocycles. The van der Waals surface area contributed by atoms with Crippen LogP contribution in [0.2, 0.25) is 5.02 Å². The maximum Gasteiger partial charge on any atom is 0.418 e. The summed E-state index contributed by atoms with van der Waals surface area (Å²) < 4.78 is 89.6. The van der Waals surface area contributed by atoms with Crippen LogP contribution in [0.3, 0.4) is 0 Å². The van der Waals surface area contributed by atoms with E-state index in [0.717, 1.165) is 18.4 Å². The maximum atomic E-state index is 15.3. The van der Waals surface area contributed by atoms with E-state index < -0.39 is 69.5 Å². The molecule has 1 N–H and O–H groups in total. The van der Waals surface area contributed by atoms with Crippen molar-refractivity contribution < 1.29 is 45.8 Å². The number of rotatable bonds is 13. The second-order valence-corrected chi connectivity index (χ2v) is 11.1. The first kappa shape index (κ1) is 35.5. The number of hydrogen-bond acceptors (Lipinski definition) is 7. The minimum absolute atomic E-state index is 0.115. The van der Waals surface area contributed by atoms with Crippen molar-refractivity contribution in [3.63, 3.8) is 0 Å². The van der Waals surface area contributed by atoms with Gasteiger partial charge in [0, 0.05) is 29.9 Å². The summed E-state index contributed by atoms with van der Waals surface area (Å²) >= 11 is 5.87. The number of methoxy groups -OCH3 is 1. The molecule has 14 heteroatoms. The van der Waals surface area contributed by atoms with E-state index in [9.17, 15) is 27.2 Å². The van der Waals surface area contributed by atoms with Crippen molar-refractivity contribution >= 4 is 23.5 Å². The molecule has 2 heterocycles. The third-order valence-electron chi connectivity index (χ3n) is 7.55. The molecule has 0 aliphatic carbocycles. The number of nitrogens with zero attached hydrogens (tertiary/aromatic N) is 2. The van der Waals surface area contributed by atoms with E-state index in [0.29, 0.717) is 50.3 Å². The van der Waals surface area contributed by atoms with Crippen molar-refractivity contribution in [3.05, 3.63) is 93.0 Å². The van der Waals surface area contributed by atoms with Crippen LogP contribution in [0.1, 0.15) is 49.7 Å². The van der Waals surface area contributed by atoms with Gasteiger partial charge in [-0.15, -0.1) is 0 Å². The Balaban J connectivity index is 1.41. The second kappa shape index (κ2) is 15.5. The molecule has 1 unspecified atom stereocenters. The van der Waals surface area contributed by atoms with E-state index in [1.807, 2.05) is 36.4 Å². The SMILES string of the molecule is COC(=O)C1=C(CF)NC(C)=C(C(=O)OCCCCCCOc2cc(-c3ccccc3)nn2C)C1c1c(F)ccc(Cl)c1C(F)(F)F. The van der Waals surface area contributed by atoms with Gasteiger partial charge >= 0.3 is 18.1 Å². The van der Waals surface area contributed by atoms with E-state index in [-0.39, 0.29) is 12.3 Å². The summed E-state index contributed by atoms with van der Waals surface area (Å²) in [7, 11) is 2.71. The number of esters is 2. The number of allylic oxidation sites excluding steroid dienone is 2. The molecule has 0 fully saturated rings. The number of aryl methyl sites for hydroxylation is 1. The normalized spacial score (nSPS) is 15.0. The number of nitrogens with one attached hydrogen (secondary N) is 1. The van der Waals surface area contributed by atoms with E-state index >= 15 is 4.39 Å². The van der Waals surface area contributed by atoms with Gasteiger partial charge in [0.1, 0.15) is 12.5 Å². The number of carbonyl (C=O) groups is 2. The van der Waals surface area contributed by atoms with Gasteiger partial charge in [0.2, 0.25) is 5.88 Å². The number of hydrogen-bond donors (Lipinski definition) is 1. The van der Waals surface area contributed by atoms with Crippen LogP contribution in [0.5, 0.6) is 5.88 Å². The highest BCUT2D eigenvalue weighted by Crippen LogP contribution is 2.48. The van der Waals surface area contributed by atoms with Crippen molar-refractivity contribution in [2.24, 2.45) is 7.05 Å². The summed E-state index contributed by atoms with van der Waals surface area (Å²) in [4.78, 5) is 26.2. The molecule has 252 valence electrons. The van der Waals surface area contributed by atoms with E-state index in [1.165, 1.54) is 6.92 Å². The highest BCUT2D eigenvalue weighted by Gasteiger charge is 2.46. The van der Waals surface area contributed by atoms with Crippen LogP contribution in [0.4, 0.5) is 22.0 Å². The summed E-state index contributed by atoms with van der Waals surface area (Å²) in [5.41, 5.74) is -2.77. The minimum Gasteiger partial charge on any atom is -0.478 e. The number of carbonyl (C=O) groups excluding carboxylic acids is 2. The number of ether oxygens (including phenoxy) is 3. The molecule has 0 saturated heterocycles. The fourth-order valence-corrected chi connectivity index (χ4v) is 5.63. The largest absolute Gasteiger partial charge is 0.478 e. The number of aromatic nitrogens is 2. The summed E-state index contributed by atoms with van der Waals surface area (Å²) in [5.74, 6) is -5.19. The molecule has 1 aliphatic rings. The summed E-state index contributed by atoms with van der Waals surface area (Å²) in [6.45, 7) is 0.235. The second-order valence-electron chi connectivity index (χ2n) is 10.7. The fraction of sp³-hybridized carbons (Fsp3) is 0.364. The molecule has 4 rings (SSSR count). The maximum absolute atomic E-state index is 15.3. The highest BCUT2D eigenvalue weighted by molar-refractivity contribution is 6.31. The molecule has 0 radical (unpaired) electrons. The van der Waals surface area contributed by atoms with Crippen molar-refractivity contribution in [1.82, 2.24) is 15.1 Å². The van der Waals surface area contributed by atoms with Crippen molar-refractivity contribution in [3.8, 4) is 17.1 Å². The Hall–Kier alpha value is -4.39. The Morgan fingerprint density at radius 1 is 1.00 bits per heavy atom. The van der Waals surface area contributed by atoms with Crippen molar-refractivity contribution in [2.75, 3.05) is 27.0 Å². The van der Waals surface area contributed by atoms with Gasteiger partial charge in [-0.3, -0.25) is 0 Å². The van der Waals surface area contributed by atoms with Crippen molar-refractivity contribution in [2.45, 2.75) is 44.7 Å². The van der Waals surface area contributed by atoms with Gasteiger partial charge in [0.15, 0.2) is 0 Å². The van der Waals surface area contributed by atoms with E-state index in [4.69, 9.17) is 25.8 Å². The van der Waals surface area contributed by atoms with Gasteiger partial charge in [-0.05, 0) is 44.7 Å². The summed E-state index contributed by atoms with van der Waals surface area (Å²) in [6.07, 6.45) is -2.77. The Morgan fingerprint density at radius 2 is 1.68 bits per heavy atom. The quantitative estimate of drug-likeness (QED) is 0.114. The number of dihydropyridines is 1. The lowest BCUT2D eigenvalue weighted by atomic mass is 9.78. The van der Waals surface area contributed by atoms with Gasteiger partial charge in [-0.25, -0.2) is 23.1 Å². The smallest absolute Gasteiger partial charge is 0.418 e. The number of unbranched alkanes of at least 4 members (excludes halogenated alkanes) is 3. The van der Waals surface area contributed by atoms with Crippen LogP contribution in [-0.4, -0.2) is 48.7 Å². The zero-order valence-electron chi connectivity index (χ0n) is 25.8. The molecule has 0 amide bonds. The number of halogens is 6. The standard InChI is InChI=1S/C33H33ClF5N3O5/c1-19-26(29(28(31(43)45-3)24(18-35)40-19)27-22(36)14-13-21(34)30(27)33(37,38)39)32(44)47-16-10-5-4-9-15-46-25-17-23(41-42(25)2)20-11-7-6-8-12-20/h6-8,11-14,17,29,40H,4-5,9-10,15-16,18H2,1-3H3. The molecule has 3 aromatic rings. The van der Waals surface area contributed by atoms with Crippen LogP contribution in [0.25, 0.3) is 11.3 Å². The minimum atomic E-state index is -5.19. The van der Waals surface area contributed by atoms with E-state index in [1.54, 1.807) is 11.7 Å². The summed E-state index contributed by atoms with van der Waals surface area (Å²) in [5, 5.41) is 6.13. The first-order valence-corrected chi connectivity index (χ1v) is 15.1. The topological polar surface area (TPSA) is 91.7 Å². The molecule has 8 nitrogen and oxygen atoms in total. The third kappa shape index (κ3) is 8.13. The van der Waals surface area contributed by atoms with Gasteiger partial charge in [0.25, 0.3) is 0 Å². The monoisotopic (exact) mass is 681 g/mol. The zero-order valence-corrected chi connectivity index (χ0v) is 26.6. The molecular weight excluding hydrogens is 649 g/mol. The molecule has 0 bridgehead atoms. The van der Waals surface area contributed by atoms with Crippen LogP contribution in [0, 0.1) is 5.82 Å². The van der Waals surface area contributed by atoms with E-state index in [2.05, 4.69) is 10.4 Å². The first-order valence-electron chi connectivity index (χ1n) is 14.7. The van der Waals surface area contributed by atoms with Crippen molar-refractivity contribution in [1.29, 1.82) is 0 Å². The molecule has 0 spiro atoms. The fourth-order valence-electron chi connectivity index (χ4n) is 5.36. The first-order chi connectivity index (χ1) is 22.4. The molecule has 1 aliphatic heterocycles. The molecule has 47 heavy (non-hydrogen) atoms. The molecule has 0 saturated carbocycles. The lowest BCUT2D eigenvalue weighted by Crippen LogP contribution is -2.35. The number of benzene rings is 2. The Kier molecular flexibility index (Phi) is 11.7. The Morgan fingerprint density at radius 3 is 2.32 bits per heavy atom. The predicted octanol–water partition coefficient (Wildman–Crippen LogP) is 7.44. The van der Waals surface area contributed by atoms with Crippen LogP contribution >= 0.6 is 11.6 Å². The Labute approximate surface area is 273 Å². The zero-order chi connectivity index (χ0) is 34.3. The average Bonchev–Trinajstić information content (AvgIpc) is 3.41. The molecule has 1 atom stereocenters. The Bertz CT molecular complexity index is 1670. The average molecular weight is 682 g/mol. The van der Waals surface area contributed by atoms with Gasteiger partial charge in [-0.2, -0.15) is 18.3 Å². The number of alkyl halides is 4. The lowest BCUT2D eigenvalue weighted by Gasteiger charge is -2.32. The lowest BCUT2D eigenvalue weighted by molar-refractivity contribution is -0.141. The van der Waals surface area contributed by atoms with Gasteiger partial charge in [0.05, 0.1) is 59.4 Å². The third-order valence-corrected chi connectivity index (χ3v) is 7.86. The molecular formula is C33H33ClF5N3O5. The van der Waals surface area contributed by atoms with Gasteiger partial charge < -0.3 is 19.5 Å². The molecule has 1 aromatic heterocycles. The van der Waals surface area contributed by atoms with Gasteiger partial charge in [-0.1, -0.05) is 41.9 Å². The van der Waals surface area contributed by atoms with Crippen LogP contribution in [0.15, 0.2) is 71.1 Å². The highest BCUT2D eigenvalue weighted by atomic mass is 35.5. The van der Waals surface area contributed by atoms with Crippen LogP contribution in [-0.2, 0) is 32.3 Å².